The third-order valence-electron chi connectivity index (χ3n) is 4.61. The molecule has 6 heteroatoms. The number of benzene rings is 2. The number of hydrogen-bond donors (Lipinski definition) is 1. The summed E-state index contributed by atoms with van der Waals surface area (Å²) in [5, 5.41) is 9.48. The summed E-state index contributed by atoms with van der Waals surface area (Å²) in [5.41, 5.74) is 0.989. The lowest BCUT2D eigenvalue weighted by Crippen LogP contribution is -2.24. The van der Waals surface area contributed by atoms with Gasteiger partial charge in [0.2, 0.25) is 0 Å². The molecule has 4 aromatic rings. The van der Waals surface area contributed by atoms with E-state index in [2.05, 4.69) is 16.5 Å². The van der Waals surface area contributed by atoms with Gasteiger partial charge in [0, 0.05) is 19.3 Å². The zero-order valence-corrected chi connectivity index (χ0v) is 16.3. The van der Waals surface area contributed by atoms with E-state index in [1.54, 1.807) is 12.1 Å². The summed E-state index contributed by atoms with van der Waals surface area (Å²) in [5.74, 6) is 1.44. The van der Waals surface area contributed by atoms with Crippen LogP contribution in [0.15, 0.2) is 71.3 Å². The van der Waals surface area contributed by atoms with Gasteiger partial charge in [-0.05, 0) is 54.4 Å². The van der Waals surface area contributed by atoms with E-state index in [9.17, 15) is 4.79 Å². The third kappa shape index (κ3) is 4.85. The predicted octanol–water partition coefficient (Wildman–Crippen LogP) is 4.34. The van der Waals surface area contributed by atoms with Crippen LogP contribution in [0.5, 0.6) is 5.75 Å². The van der Waals surface area contributed by atoms with E-state index in [1.807, 2.05) is 60.3 Å². The fraction of sp³-hybridized carbons (Fsp3) is 0.217. The number of aromatic nitrogens is 2. The lowest BCUT2D eigenvalue weighted by molar-refractivity contribution is 0.0921. The summed E-state index contributed by atoms with van der Waals surface area (Å²) in [6, 6.07) is 19.5. The number of furan rings is 1. The second-order valence-electron chi connectivity index (χ2n) is 6.89. The first-order valence-electron chi connectivity index (χ1n) is 9.66. The van der Waals surface area contributed by atoms with Crippen LogP contribution in [-0.4, -0.2) is 22.2 Å². The minimum Gasteiger partial charge on any atom is -0.486 e. The maximum atomic E-state index is 12.2. The molecule has 0 atom stereocenters. The molecular formula is C23H23N3O3. The molecule has 0 fully saturated rings. The molecule has 0 saturated heterocycles. The second kappa shape index (κ2) is 8.65. The molecule has 2 aromatic heterocycles. The zero-order valence-electron chi connectivity index (χ0n) is 16.3. The number of carbonyl (C=O) groups is 1. The molecule has 1 amide bonds. The van der Waals surface area contributed by atoms with Crippen LogP contribution in [0.3, 0.4) is 0 Å². The summed E-state index contributed by atoms with van der Waals surface area (Å²) in [6.07, 6.45) is 2.73. The summed E-state index contributed by atoms with van der Waals surface area (Å²) in [4.78, 5) is 12.2. The Morgan fingerprint density at radius 2 is 1.97 bits per heavy atom. The number of rotatable bonds is 8. The highest BCUT2D eigenvalue weighted by Crippen LogP contribution is 2.21. The first-order chi connectivity index (χ1) is 14.2. The highest BCUT2D eigenvalue weighted by atomic mass is 16.5. The summed E-state index contributed by atoms with van der Waals surface area (Å²) in [7, 11) is 0. The van der Waals surface area contributed by atoms with Crippen molar-refractivity contribution >= 4 is 16.7 Å². The van der Waals surface area contributed by atoms with Crippen LogP contribution in [0.2, 0.25) is 0 Å². The van der Waals surface area contributed by atoms with Gasteiger partial charge in [0.1, 0.15) is 18.1 Å². The van der Waals surface area contributed by atoms with Crippen molar-refractivity contribution in [1.82, 2.24) is 15.1 Å². The Kier molecular flexibility index (Phi) is 5.61. The number of nitrogens with one attached hydrogen (secondary N) is 1. The molecule has 148 valence electrons. The average molecular weight is 389 g/mol. The second-order valence-corrected chi connectivity index (χ2v) is 6.89. The largest absolute Gasteiger partial charge is 0.486 e. The molecule has 0 aliphatic heterocycles. The van der Waals surface area contributed by atoms with E-state index in [0.717, 1.165) is 29.8 Å². The van der Waals surface area contributed by atoms with Gasteiger partial charge in [0.25, 0.3) is 5.91 Å². The first-order valence-corrected chi connectivity index (χ1v) is 9.66. The number of ether oxygens (including phenoxy) is 1. The maximum absolute atomic E-state index is 12.2. The topological polar surface area (TPSA) is 69.3 Å². The van der Waals surface area contributed by atoms with E-state index in [1.165, 1.54) is 5.39 Å². The lowest BCUT2D eigenvalue weighted by atomic mass is 10.1. The number of carbonyl (C=O) groups excluding carboxylic acids is 1. The maximum Gasteiger partial charge on any atom is 0.286 e. The summed E-state index contributed by atoms with van der Waals surface area (Å²) >= 11 is 0. The Morgan fingerprint density at radius 3 is 2.79 bits per heavy atom. The number of fused-ring (bicyclic) bond motifs is 1. The molecule has 0 bridgehead atoms. The van der Waals surface area contributed by atoms with Crippen molar-refractivity contribution in [3.63, 3.8) is 0 Å². The Labute approximate surface area is 169 Å². The van der Waals surface area contributed by atoms with E-state index in [4.69, 9.17) is 9.15 Å². The number of amides is 1. The molecule has 6 nitrogen and oxygen atoms in total. The van der Waals surface area contributed by atoms with Crippen molar-refractivity contribution in [2.45, 2.75) is 26.5 Å². The van der Waals surface area contributed by atoms with Crippen LogP contribution in [0.1, 0.15) is 28.4 Å². The van der Waals surface area contributed by atoms with Crippen molar-refractivity contribution in [1.29, 1.82) is 0 Å². The van der Waals surface area contributed by atoms with E-state index >= 15 is 0 Å². The molecular weight excluding hydrogens is 366 g/mol. The molecule has 2 heterocycles. The van der Waals surface area contributed by atoms with Crippen molar-refractivity contribution in [2.24, 2.45) is 0 Å². The standard InChI is InChI=1S/C23H23N3O3/c1-17-11-14-26(25-17)13-4-12-24-23(27)22-10-9-21(29-22)16-28-20-8-7-18-5-2-3-6-19(18)15-20/h2-3,5-11,14-15H,4,12-13,16H2,1H3,(H,24,27). The fourth-order valence-corrected chi connectivity index (χ4v) is 3.11. The van der Waals surface area contributed by atoms with Gasteiger partial charge < -0.3 is 14.5 Å². The van der Waals surface area contributed by atoms with Crippen LogP contribution in [0, 0.1) is 6.92 Å². The Morgan fingerprint density at radius 1 is 1.10 bits per heavy atom. The van der Waals surface area contributed by atoms with Gasteiger partial charge in [-0.3, -0.25) is 9.48 Å². The molecule has 0 spiro atoms. The molecule has 0 aliphatic carbocycles. The normalized spacial score (nSPS) is 10.9. The lowest BCUT2D eigenvalue weighted by Gasteiger charge is -2.06. The highest BCUT2D eigenvalue weighted by Gasteiger charge is 2.11. The zero-order chi connectivity index (χ0) is 20.1. The predicted molar refractivity (Wildman–Crippen MR) is 111 cm³/mol. The average Bonchev–Trinajstić information content (AvgIpc) is 3.38. The van der Waals surface area contributed by atoms with Crippen LogP contribution >= 0.6 is 0 Å². The Balaban J connectivity index is 1.25. The van der Waals surface area contributed by atoms with Gasteiger partial charge in [0.15, 0.2) is 5.76 Å². The molecule has 0 aliphatic rings. The Bertz CT molecular complexity index is 1110. The van der Waals surface area contributed by atoms with Crippen molar-refractivity contribution in [3.8, 4) is 5.75 Å². The fourth-order valence-electron chi connectivity index (χ4n) is 3.11. The quantitative estimate of drug-likeness (QED) is 0.455. The molecule has 1 N–H and O–H groups in total. The monoisotopic (exact) mass is 389 g/mol. The van der Waals surface area contributed by atoms with Gasteiger partial charge in [-0.1, -0.05) is 30.3 Å². The first kappa shape index (κ1) is 18.8. The minimum absolute atomic E-state index is 0.224. The third-order valence-corrected chi connectivity index (χ3v) is 4.61. The molecule has 29 heavy (non-hydrogen) atoms. The summed E-state index contributed by atoms with van der Waals surface area (Å²) in [6.45, 7) is 3.54. The summed E-state index contributed by atoms with van der Waals surface area (Å²) < 4.78 is 13.3. The smallest absolute Gasteiger partial charge is 0.286 e. The van der Waals surface area contributed by atoms with Gasteiger partial charge in [-0.25, -0.2) is 0 Å². The molecule has 0 radical (unpaired) electrons. The number of hydrogen-bond acceptors (Lipinski definition) is 4. The number of nitrogens with zero attached hydrogens (tertiary/aromatic N) is 2. The van der Waals surface area contributed by atoms with E-state index < -0.39 is 0 Å². The van der Waals surface area contributed by atoms with Crippen molar-refractivity contribution < 1.29 is 13.9 Å². The van der Waals surface area contributed by atoms with E-state index in [0.29, 0.717) is 12.3 Å². The van der Waals surface area contributed by atoms with Crippen LogP contribution < -0.4 is 10.1 Å². The number of aryl methyl sites for hydroxylation is 2. The van der Waals surface area contributed by atoms with Gasteiger partial charge in [0.05, 0.1) is 5.69 Å². The molecule has 4 rings (SSSR count). The van der Waals surface area contributed by atoms with Crippen LogP contribution in [-0.2, 0) is 13.2 Å². The molecule has 0 unspecified atom stereocenters. The molecule has 0 saturated carbocycles. The minimum atomic E-state index is -0.224. The van der Waals surface area contributed by atoms with E-state index in [-0.39, 0.29) is 18.3 Å². The van der Waals surface area contributed by atoms with Crippen molar-refractivity contribution in [2.75, 3.05) is 6.54 Å². The van der Waals surface area contributed by atoms with Crippen molar-refractivity contribution in [3.05, 3.63) is 84.1 Å². The highest BCUT2D eigenvalue weighted by molar-refractivity contribution is 5.91. The van der Waals surface area contributed by atoms with Crippen LogP contribution in [0.25, 0.3) is 10.8 Å². The van der Waals surface area contributed by atoms with Gasteiger partial charge >= 0.3 is 0 Å². The SMILES string of the molecule is Cc1ccn(CCCNC(=O)c2ccc(COc3ccc4ccccc4c3)o2)n1. The van der Waals surface area contributed by atoms with Gasteiger partial charge in [-0.15, -0.1) is 0 Å². The Hall–Kier alpha value is -3.54. The molecule has 2 aromatic carbocycles. The van der Waals surface area contributed by atoms with Gasteiger partial charge in [-0.2, -0.15) is 5.10 Å². The van der Waals surface area contributed by atoms with Crippen LogP contribution in [0.4, 0.5) is 0 Å².